The molecule has 1 fully saturated rings. The molecule has 0 unspecified atom stereocenters. The fraction of sp³-hybridized carbons (Fsp3) is 0.500. The van der Waals surface area contributed by atoms with Gasteiger partial charge in [-0.25, -0.2) is 0 Å². The van der Waals surface area contributed by atoms with E-state index in [1.54, 1.807) is 43.0 Å². The molecule has 2 rings (SSSR count). The Labute approximate surface area is 148 Å². The van der Waals surface area contributed by atoms with Crippen molar-refractivity contribution in [3.8, 4) is 0 Å². The largest absolute Gasteiger partial charge is 0.339 e. The fourth-order valence-electron chi connectivity index (χ4n) is 2.63. The summed E-state index contributed by atoms with van der Waals surface area (Å²) in [4.78, 5) is 40.3. The average Bonchev–Trinajstić information content (AvgIpc) is 2.56. The Bertz CT molecular complexity index is 647. The Morgan fingerprint density at radius 1 is 0.920 bits per heavy atom. The minimum Gasteiger partial charge on any atom is -0.339 e. The molecule has 3 amide bonds. The first-order valence-electron chi connectivity index (χ1n) is 8.37. The van der Waals surface area contributed by atoms with Crippen LogP contribution in [-0.2, 0) is 14.4 Å². The lowest BCUT2D eigenvalue weighted by Crippen LogP contribution is -2.53. The summed E-state index contributed by atoms with van der Waals surface area (Å²) < 4.78 is 0. The Balaban J connectivity index is 2.00. The predicted molar refractivity (Wildman–Crippen MR) is 97.2 cm³/mol. The third-order valence-electron chi connectivity index (χ3n) is 4.36. The minimum atomic E-state index is -1.15. The van der Waals surface area contributed by atoms with Crippen molar-refractivity contribution in [2.24, 2.45) is 5.41 Å². The number of piperazine rings is 1. The van der Waals surface area contributed by atoms with Gasteiger partial charge in [0.2, 0.25) is 17.7 Å². The molecule has 1 aromatic carbocycles. The number of anilines is 2. The van der Waals surface area contributed by atoms with Crippen molar-refractivity contribution in [2.45, 2.75) is 20.8 Å². The van der Waals surface area contributed by atoms with E-state index in [2.05, 4.69) is 15.5 Å². The molecule has 1 aromatic rings. The lowest BCUT2D eigenvalue weighted by molar-refractivity contribution is -0.147. The Morgan fingerprint density at radius 3 is 1.88 bits per heavy atom. The summed E-state index contributed by atoms with van der Waals surface area (Å²) in [5.74, 6) is -0.660. The van der Waals surface area contributed by atoms with Gasteiger partial charge < -0.3 is 20.4 Å². The van der Waals surface area contributed by atoms with E-state index in [4.69, 9.17) is 0 Å². The smallest absolute Gasteiger partial charge is 0.239 e. The van der Waals surface area contributed by atoms with Gasteiger partial charge in [-0.05, 0) is 45.2 Å². The maximum atomic E-state index is 12.7. The van der Waals surface area contributed by atoms with Crippen LogP contribution in [0.3, 0.4) is 0 Å². The number of hydrogen-bond acceptors (Lipinski definition) is 4. The van der Waals surface area contributed by atoms with Crippen LogP contribution in [0.2, 0.25) is 0 Å². The van der Waals surface area contributed by atoms with Crippen molar-refractivity contribution in [1.29, 1.82) is 0 Å². The van der Waals surface area contributed by atoms with Gasteiger partial charge in [0, 0.05) is 44.5 Å². The van der Waals surface area contributed by atoms with E-state index in [1.165, 1.54) is 6.92 Å². The zero-order chi connectivity index (χ0) is 18.6. The summed E-state index contributed by atoms with van der Waals surface area (Å²) >= 11 is 0. The molecule has 136 valence electrons. The number of rotatable bonds is 4. The molecule has 0 saturated carbocycles. The van der Waals surface area contributed by atoms with Crippen molar-refractivity contribution in [3.05, 3.63) is 24.3 Å². The van der Waals surface area contributed by atoms with Crippen LogP contribution in [-0.4, -0.2) is 60.7 Å². The van der Waals surface area contributed by atoms with Gasteiger partial charge in [0.25, 0.3) is 0 Å². The molecule has 0 aliphatic carbocycles. The van der Waals surface area contributed by atoms with Crippen LogP contribution in [0.1, 0.15) is 20.8 Å². The first kappa shape index (κ1) is 18.9. The molecule has 2 N–H and O–H groups in total. The molecule has 0 aromatic heterocycles. The van der Waals surface area contributed by atoms with E-state index < -0.39 is 5.41 Å². The molecule has 1 heterocycles. The van der Waals surface area contributed by atoms with Crippen LogP contribution in [0.15, 0.2) is 24.3 Å². The highest BCUT2D eigenvalue weighted by atomic mass is 16.2. The van der Waals surface area contributed by atoms with E-state index in [1.807, 2.05) is 7.05 Å². The first-order valence-corrected chi connectivity index (χ1v) is 8.37. The molecule has 1 aliphatic rings. The molecular weight excluding hydrogens is 320 g/mol. The lowest BCUT2D eigenvalue weighted by atomic mass is 9.89. The molecule has 0 bridgehead atoms. The SMILES string of the molecule is CC(=O)Nc1ccc(NC(=O)C(C)(C)C(=O)N2CCN(C)CC2)cc1. The number of nitrogens with zero attached hydrogens (tertiary/aromatic N) is 2. The molecule has 0 radical (unpaired) electrons. The fourth-order valence-corrected chi connectivity index (χ4v) is 2.63. The third kappa shape index (κ3) is 4.79. The number of carbonyl (C=O) groups excluding carboxylic acids is 3. The monoisotopic (exact) mass is 346 g/mol. The average molecular weight is 346 g/mol. The summed E-state index contributed by atoms with van der Waals surface area (Å²) in [7, 11) is 2.02. The van der Waals surface area contributed by atoms with E-state index in [0.29, 0.717) is 24.5 Å². The number of nitrogens with one attached hydrogen (secondary N) is 2. The van der Waals surface area contributed by atoms with Gasteiger partial charge in [-0.3, -0.25) is 14.4 Å². The van der Waals surface area contributed by atoms with Crippen LogP contribution in [0, 0.1) is 5.41 Å². The van der Waals surface area contributed by atoms with E-state index >= 15 is 0 Å². The summed E-state index contributed by atoms with van der Waals surface area (Å²) in [5, 5.41) is 5.45. The van der Waals surface area contributed by atoms with Crippen molar-refractivity contribution >= 4 is 29.1 Å². The number of amides is 3. The van der Waals surface area contributed by atoms with Crippen molar-refractivity contribution in [2.75, 3.05) is 43.9 Å². The van der Waals surface area contributed by atoms with Gasteiger partial charge in [-0.15, -0.1) is 0 Å². The highest BCUT2D eigenvalue weighted by molar-refractivity contribution is 6.10. The summed E-state index contributed by atoms with van der Waals surface area (Å²) in [5.41, 5.74) is 0.0864. The second kappa shape index (κ2) is 7.65. The third-order valence-corrected chi connectivity index (χ3v) is 4.36. The second-order valence-corrected chi connectivity index (χ2v) is 6.93. The standard InChI is InChI=1S/C18H26N4O3/c1-13(23)19-14-5-7-15(8-6-14)20-16(24)18(2,3)17(25)22-11-9-21(4)10-12-22/h5-8H,9-12H2,1-4H3,(H,19,23)(H,20,24). The van der Waals surface area contributed by atoms with Crippen LogP contribution in [0.4, 0.5) is 11.4 Å². The van der Waals surface area contributed by atoms with Crippen molar-refractivity contribution in [3.63, 3.8) is 0 Å². The molecular formula is C18H26N4O3. The maximum absolute atomic E-state index is 12.7. The molecule has 0 spiro atoms. The number of benzene rings is 1. The zero-order valence-electron chi connectivity index (χ0n) is 15.3. The molecule has 0 atom stereocenters. The van der Waals surface area contributed by atoms with Crippen LogP contribution < -0.4 is 10.6 Å². The van der Waals surface area contributed by atoms with E-state index in [-0.39, 0.29) is 17.7 Å². The number of carbonyl (C=O) groups is 3. The van der Waals surface area contributed by atoms with Crippen molar-refractivity contribution in [1.82, 2.24) is 9.80 Å². The predicted octanol–water partition coefficient (Wildman–Crippen LogP) is 1.38. The molecule has 7 heteroatoms. The van der Waals surface area contributed by atoms with Crippen LogP contribution >= 0.6 is 0 Å². The summed E-state index contributed by atoms with van der Waals surface area (Å²) in [6.07, 6.45) is 0. The van der Waals surface area contributed by atoms with Crippen LogP contribution in [0.25, 0.3) is 0 Å². The van der Waals surface area contributed by atoms with E-state index in [0.717, 1.165) is 13.1 Å². The van der Waals surface area contributed by atoms with Crippen LogP contribution in [0.5, 0.6) is 0 Å². The molecule has 1 saturated heterocycles. The Kier molecular flexibility index (Phi) is 5.79. The maximum Gasteiger partial charge on any atom is 0.239 e. The van der Waals surface area contributed by atoms with E-state index in [9.17, 15) is 14.4 Å². The Hall–Kier alpha value is -2.41. The highest BCUT2D eigenvalue weighted by Crippen LogP contribution is 2.23. The summed E-state index contributed by atoms with van der Waals surface area (Å²) in [6, 6.07) is 6.79. The van der Waals surface area contributed by atoms with Gasteiger partial charge >= 0.3 is 0 Å². The van der Waals surface area contributed by atoms with Gasteiger partial charge in [0.15, 0.2) is 0 Å². The second-order valence-electron chi connectivity index (χ2n) is 6.93. The Morgan fingerprint density at radius 2 is 1.40 bits per heavy atom. The van der Waals surface area contributed by atoms with Gasteiger partial charge in [0.1, 0.15) is 5.41 Å². The van der Waals surface area contributed by atoms with Crippen molar-refractivity contribution < 1.29 is 14.4 Å². The molecule has 1 aliphatic heterocycles. The lowest BCUT2D eigenvalue weighted by Gasteiger charge is -2.36. The highest BCUT2D eigenvalue weighted by Gasteiger charge is 2.39. The topological polar surface area (TPSA) is 81.8 Å². The zero-order valence-corrected chi connectivity index (χ0v) is 15.3. The van der Waals surface area contributed by atoms with Gasteiger partial charge in [-0.1, -0.05) is 0 Å². The quantitative estimate of drug-likeness (QED) is 0.807. The number of likely N-dealkylation sites (N-methyl/N-ethyl adjacent to an activating group) is 1. The minimum absolute atomic E-state index is 0.157. The molecule has 25 heavy (non-hydrogen) atoms. The van der Waals surface area contributed by atoms with Gasteiger partial charge in [-0.2, -0.15) is 0 Å². The summed E-state index contributed by atoms with van der Waals surface area (Å²) in [6.45, 7) is 7.63. The normalized spacial score (nSPS) is 15.6. The number of hydrogen-bond donors (Lipinski definition) is 2. The first-order chi connectivity index (χ1) is 11.7. The molecule has 7 nitrogen and oxygen atoms in total. The van der Waals surface area contributed by atoms with Gasteiger partial charge in [0.05, 0.1) is 0 Å².